The Morgan fingerprint density at radius 1 is 1.40 bits per heavy atom. The highest BCUT2D eigenvalue weighted by molar-refractivity contribution is 5.90. The van der Waals surface area contributed by atoms with Crippen LogP contribution in [0.25, 0.3) is 0 Å². The van der Waals surface area contributed by atoms with Gasteiger partial charge in [-0.2, -0.15) is 0 Å². The van der Waals surface area contributed by atoms with Crippen LogP contribution in [0, 0.1) is 0 Å². The zero-order chi connectivity index (χ0) is 7.82. The molecule has 0 atom stereocenters. The average molecular weight is 138 g/mol. The molecule has 0 aromatic heterocycles. The molecule has 1 nitrogen and oxygen atoms in total. The van der Waals surface area contributed by atoms with Crippen LogP contribution in [0.15, 0.2) is 24.3 Å². The van der Waals surface area contributed by atoms with Crippen molar-refractivity contribution >= 4 is 5.78 Å². The maximum absolute atomic E-state index is 10.8. The van der Waals surface area contributed by atoms with Crippen molar-refractivity contribution in [2.45, 2.75) is 26.7 Å². The van der Waals surface area contributed by atoms with Crippen LogP contribution in [0.2, 0.25) is 0 Å². The second-order valence-electron chi connectivity index (χ2n) is 2.05. The number of carbonyl (C=O) groups excluding carboxylic acids is 1. The number of hydrogen-bond acceptors (Lipinski definition) is 1. The zero-order valence-electron chi connectivity index (χ0n) is 6.63. The minimum Gasteiger partial charge on any atom is -0.295 e. The summed E-state index contributed by atoms with van der Waals surface area (Å²) in [5.74, 6) is 0.181. The van der Waals surface area contributed by atoms with Gasteiger partial charge in [0.2, 0.25) is 0 Å². The molecule has 0 radical (unpaired) electrons. The molecule has 0 amide bonds. The van der Waals surface area contributed by atoms with Crippen molar-refractivity contribution < 1.29 is 4.79 Å². The van der Waals surface area contributed by atoms with Crippen LogP contribution in [0.5, 0.6) is 0 Å². The Kier molecular flexibility index (Phi) is 5.74. The lowest BCUT2D eigenvalue weighted by atomic mass is 10.2. The fourth-order valence-corrected chi connectivity index (χ4v) is 0.551. The van der Waals surface area contributed by atoms with E-state index in [-0.39, 0.29) is 5.78 Å². The SMILES string of the molecule is CC=CCC(=O)C=CCC. The molecule has 0 aliphatic carbocycles. The minimum absolute atomic E-state index is 0.181. The van der Waals surface area contributed by atoms with E-state index in [2.05, 4.69) is 0 Å². The largest absolute Gasteiger partial charge is 0.295 e. The highest BCUT2D eigenvalue weighted by Gasteiger charge is 1.88. The third kappa shape index (κ3) is 5.29. The highest BCUT2D eigenvalue weighted by atomic mass is 16.1. The van der Waals surface area contributed by atoms with Crippen LogP contribution < -0.4 is 0 Å². The van der Waals surface area contributed by atoms with Gasteiger partial charge in [-0.05, 0) is 19.4 Å². The van der Waals surface area contributed by atoms with Gasteiger partial charge in [0, 0.05) is 6.42 Å². The van der Waals surface area contributed by atoms with Gasteiger partial charge < -0.3 is 0 Å². The summed E-state index contributed by atoms with van der Waals surface area (Å²) in [5, 5.41) is 0. The number of carbonyl (C=O) groups is 1. The van der Waals surface area contributed by atoms with E-state index in [1.165, 1.54) is 0 Å². The van der Waals surface area contributed by atoms with Crippen LogP contribution >= 0.6 is 0 Å². The van der Waals surface area contributed by atoms with Gasteiger partial charge in [0.1, 0.15) is 0 Å². The van der Waals surface area contributed by atoms with Gasteiger partial charge in [-0.15, -0.1) is 0 Å². The first-order valence-corrected chi connectivity index (χ1v) is 3.61. The van der Waals surface area contributed by atoms with Gasteiger partial charge >= 0.3 is 0 Å². The summed E-state index contributed by atoms with van der Waals surface area (Å²) in [5.41, 5.74) is 0. The lowest BCUT2D eigenvalue weighted by Crippen LogP contribution is -1.87. The molecule has 0 spiro atoms. The van der Waals surface area contributed by atoms with Crippen LogP contribution in [-0.2, 0) is 4.79 Å². The maximum atomic E-state index is 10.8. The Morgan fingerprint density at radius 2 is 2.10 bits per heavy atom. The fraction of sp³-hybridized carbons (Fsp3) is 0.444. The number of rotatable bonds is 4. The highest BCUT2D eigenvalue weighted by Crippen LogP contribution is 1.89. The van der Waals surface area contributed by atoms with E-state index >= 15 is 0 Å². The quantitative estimate of drug-likeness (QED) is 0.431. The smallest absolute Gasteiger partial charge is 0.159 e. The van der Waals surface area contributed by atoms with Gasteiger partial charge in [0.15, 0.2) is 5.78 Å². The summed E-state index contributed by atoms with van der Waals surface area (Å²) in [6.45, 7) is 3.93. The van der Waals surface area contributed by atoms with Gasteiger partial charge in [0.05, 0.1) is 0 Å². The van der Waals surface area contributed by atoms with Crippen LogP contribution in [-0.4, -0.2) is 5.78 Å². The monoisotopic (exact) mass is 138 g/mol. The predicted molar refractivity (Wildman–Crippen MR) is 43.9 cm³/mol. The first-order chi connectivity index (χ1) is 4.81. The maximum Gasteiger partial charge on any atom is 0.159 e. The summed E-state index contributed by atoms with van der Waals surface area (Å²) in [6.07, 6.45) is 8.74. The van der Waals surface area contributed by atoms with E-state index in [1.807, 2.05) is 32.1 Å². The molecule has 56 valence electrons. The molecule has 0 aromatic rings. The van der Waals surface area contributed by atoms with E-state index in [0.29, 0.717) is 6.42 Å². The molecule has 0 saturated carbocycles. The number of ketones is 1. The Bertz CT molecular complexity index is 143. The summed E-state index contributed by atoms with van der Waals surface area (Å²) >= 11 is 0. The van der Waals surface area contributed by atoms with E-state index in [4.69, 9.17) is 0 Å². The fourth-order valence-electron chi connectivity index (χ4n) is 0.551. The normalized spacial score (nSPS) is 11.4. The van der Waals surface area contributed by atoms with Gasteiger partial charge in [-0.3, -0.25) is 4.79 Å². The molecule has 0 aromatic carbocycles. The Labute approximate surface area is 62.4 Å². The van der Waals surface area contributed by atoms with Crippen molar-refractivity contribution in [3.05, 3.63) is 24.3 Å². The third-order valence-electron chi connectivity index (χ3n) is 1.09. The standard InChI is InChI=1S/C9H14O/c1-3-5-7-9(10)8-6-4-2/h3,5-6,8H,4,7H2,1-2H3. The minimum atomic E-state index is 0.181. The Hall–Kier alpha value is -0.850. The number of hydrogen-bond donors (Lipinski definition) is 0. The van der Waals surface area contributed by atoms with Gasteiger partial charge in [0.25, 0.3) is 0 Å². The Balaban J connectivity index is 3.53. The summed E-state index contributed by atoms with van der Waals surface area (Å²) < 4.78 is 0. The van der Waals surface area contributed by atoms with Crippen LogP contribution in [0.4, 0.5) is 0 Å². The molecule has 0 aliphatic heterocycles. The second kappa shape index (κ2) is 6.27. The lowest BCUT2D eigenvalue weighted by molar-refractivity contribution is -0.113. The van der Waals surface area contributed by atoms with Crippen molar-refractivity contribution in [3.8, 4) is 0 Å². The topological polar surface area (TPSA) is 17.1 Å². The molecule has 10 heavy (non-hydrogen) atoms. The van der Waals surface area contributed by atoms with E-state index in [0.717, 1.165) is 6.42 Å². The molecular weight excluding hydrogens is 124 g/mol. The van der Waals surface area contributed by atoms with Crippen molar-refractivity contribution in [1.29, 1.82) is 0 Å². The average Bonchev–Trinajstić information content (AvgIpc) is 1.97. The molecule has 0 N–H and O–H groups in total. The molecular formula is C9H14O. The molecule has 0 aliphatic rings. The first-order valence-electron chi connectivity index (χ1n) is 3.61. The zero-order valence-corrected chi connectivity index (χ0v) is 6.63. The van der Waals surface area contributed by atoms with Crippen molar-refractivity contribution in [1.82, 2.24) is 0 Å². The molecule has 0 fully saturated rings. The van der Waals surface area contributed by atoms with E-state index in [1.54, 1.807) is 6.08 Å². The lowest BCUT2D eigenvalue weighted by Gasteiger charge is -1.84. The molecule has 1 heteroatoms. The molecule has 0 bridgehead atoms. The molecule has 0 heterocycles. The van der Waals surface area contributed by atoms with Crippen LogP contribution in [0.3, 0.4) is 0 Å². The van der Waals surface area contributed by atoms with Gasteiger partial charge in [-0.25, -0.2) is 0 Å². The van der Waals surface area contributed by atoms with Crippen molar-refractivity contribution in [2.75, 3.05) is 0 Å². The van der Waals surface area contributed by atoms with Gasteiger partial charge in [-0.1, -0.05) is 25.2 Å². The van der Waals surface area contributed by atoms with Crippen molar-refractivity contribution in [3.63, 3.8) is 0 Å². The third-order valence-corrected chi connectivity index (χ3v) is 1.09. The molecule has 0 saturated heterocycles. The predicted octanol–water partition coefficient (Wildman–Crippen LogP) is 2.49. The van der Waals surface area contributed by atoms with E-state index in [9.17, 15) is 4.79 Å². The van der Waals surface area contributed by atoms with Crippen LogP contribution in [0.1, 0.15) is 26.7 Å². The number of allylic oxidation sites excluding steroid dienone is 4. The molecule has 0 rings (SSSR count). The summed E-state index contributed by atoms with van der Waals surface area (Å²) in [6, 6.07) is 0. The summed E-state index contributed by atoms with van der Waals surface area (Å²) in [7, 11) is 0. The van der Waals surface area contributed by atoms with E-state index < -0.39 is 0 Å². The van der Waals surface area contributed by atoms with Crippen molar-refractivity contribution in [2.24, 2.45) is 0 Å². The summed E-state index contributed by atoms with van der Waals surface area (Å²) in [4.78, 5) is 10.8. The molecule has 0 unspecified atom stereocenters. The second-order valence-corrected chi connectivity index (χ2v) is 2.05. The Morgan fingerprint density at radius 3 is 2.60 bits per heavy atom. The first kappa shape index (κ1) is 9.15.